The van der Waals surface area contributed by atoms with Crippen molar-refractivity contribution in [1.29, 1.82) is 5.26 Å². The highest BCUT2D eigenvalue weighted by Gasteiger charge is 2.42. The van der Waals surface area contributed by atoms with Crippen molar-refractivity contribution in [3.05, 3.63) is 23.4 Å². The summed E-state index contributed by atoms with van der Waals surface area (Å²) in [6.07, 6.45) is -3.13. The van der Waals surface area contributed by atoms with E-state index in [0.717, 1.165) is 18.9 Å². The lowest BCUT2D eigenvalue weighted by Crippen LogP contribution is -2.59. The number of halogens is 3. The molecule has 0 aliphatic carbocycles. The Balaban J connectivity index is 1.96. The molecule has 0 amide bonds. The Morgan fingerprint density at radius 1 is 1.42 bits per heavy atom. The number of pyridine rings is 1. The summed E-state index contributed by atoms with van der Waals surface area (Å²) in [6, 6.07) is 3.95. The van der Waals surface area contributed by atoms with Gasteiger partial charge >= 0.3 is 6.18 Å². The van der Waals surface area contributed by atoms with Crippen molar-refractivity contribution < 1.29 is 22.6 Å². The number of anilines is 1. The number of nitrogens with zero attached hydrogens (tertiary/aromatic N) is 3. The van der Waals surface area contributed by atoms with Crippen LogP contribution in [0.15, 0.2) is 12.1 Å². The Morgan fingerprint density at radius 3 is 2.83 bits per heavy atom. The second kappa shape index (κ2) is 6.22. The molecular weight excluding hydrogens is 323 g/mol. The highest BCUT2D eigenvalue weighted by atomic mass is 19.4. The molecule has 0 unspecified atom stereocenters. The third-order valence-electron chi connectivity index (χ3n) is 4.28. The molecule has 2 aliphatic heterocycles. The fourth-order valence-corrected chi connectivity index (χ4v) is 3.36. The lowest BCUT2D eigenvalue weighted by Gasteiger charge is -2.47. The third-order valence-corrected chi connectivity index (χ3v) is 4.28. The van der Waals surface area contributed by atoms with E-state index < -0.39 is 17.5 Å². The van der Waals surface area contributed by atoms with Gasteiger partial charge in [0, 0.05) is 13.2 Å². The number of hydrogen-bond acceptors (Lipinski definition) is 5. The maximum atomic E-state index is 13.0. The van der Waals surface area contributed by atoms with Crippen LogP contribution in [0.1, 0.15) is 31.0 Å². The molecule has 2 aliphatic rings. The Morgan fingerprint density at radius 2 is 2.21 bits per heavy atom. The van der Waals surface area contributed by atoms with Gasteiger partial charge in [0.1, 0.15) is 23.2 Å². The van der Waals surface area contributed by atoms with Crippen LogP contribution < -0.4 is 4.90 Å². The summed E-state index contributed by atoms with van der Waals surface area (Å²) in [4.78, 5) is 5.45. The standard InChI is InChI=1S/C16H18F3N3O2/c1-11-8-22(9-15(24-11)5-2-6-23-10-15)14-12(7-20)3-4-13(21-14)16(17,18)19/h3-4,11H,2,5-6,8-10H2,1H3/t11-,15+/m0/s1. The molecule has 2 atom stereocenters. The van der Waals surface area contributed by atoms with Gasteiger partial charge in [-0.25, -0.2) is 4.98 Å². The number of nitriles is 1. The van der Waals surface area contributed by atoms with Gasteiger partial charge in [-0.1, -0.05) is 0 Å². The minimum Gasteiger partial charge on any atom is -0.378 e. The molecule has 0 N–H and O–H groups in total. The van der Waals surface area contributed by atoms with Crippen LogP contribution in [-0.2, 0) is 15.7 Å². The van der Waals surface area contributed by atoms with E-state index in [0.29, 0.717) is 26.3 Å². The summed E-state index contributed by atoms with van der Waals surface area (Å²) >= 11 is 0. The van der Waals surface area contributed by atoms with Crippen LogP contribution in [0, 0.1) is 11.3 Å². The summed E-state index contributed by atoms with van der Waals surface area (Å²) in [6.45, 7) is 3.66. The monoisotopic (exact) mass is 341 g/mol. The zero-order chi connectivity index (χ0) is 17.4. The van der Waals surface area contributed by atoms with Crippen LogP contribution in [0.25, 0.3) is 0 Å². The van der Waals surface area contributed by atoms with E-state index in [1.807, 2.05) is 13.0 Å². The number of rotatable bonds is 1. The van der Waals surface area contributed by atoms with Gasteiger partial charge in [0.2, 0.25) is 0 Å². The predicted octanol–water partition coefficient (Wildman–Crippen LogP) is 2.75. The molecule has 8 heteroatoms. The van der Waals surface area contributed by atoms with Crippen molar-refractivity contribution in [1.82, 2.24) is 4.98 Å². The molecule has 1 spiro atoms. The second-order valence-corrected chi connectivity index (χ2v) is 6.33. The van der Waals surface area contributed by atoms with E-state index in [1.54, 1.807) is 4.90 Å². The van der Waals surface area contributed by atoms with E-state index in [-0.39, 0.29) is 17.5 Å². The van der Waals surface area contributed by atoms with Crippen molar-refractivity contribution in [2.24, 2.45) is 0 Å². The SMILES string of the molecule is C[C@H]1CN(c2nc(C(F)(F)F)ccc2C#N)C[C@@]2(CCCOC2)O1. The number of ether oxygens (including phenoxy) is 2. The van der Waals surface area contributed by atoms with E-state index >= 15 is 0 Å². The fraction of sp³-hybridized carbons (Fsp3) is 0.625. The topological polar surface area (TPSA) is 58.4 Å². The third kappa shape index (κ3) is 3.32. The average Bonchev–Trinajstić information content (AvgIpc) is 2.53. The van der Waals surface area contributed by atoms with Crippen LogP contribution in [-0.4, -0.2) is 43.0 Å². The number of aromatic nitrogens is 1. The Hall–Kier alpha value is -1.85. The summed E-state index contributed by atoms with van der Waals surface area (Å²) in [5.41, 5.74) is -1.42. The van der Waals surface area contributed by atoms with Crippen molar-refractivity contribution in [2.75, 3.05) is 31.2 Å². The normalized spacial score (nSPS) is 28.0. The van der Waals surface area contributed by atoms with Crippen LogP contribution in [0.3, 0.4) is 0 Å². The van der Waals surface area contributed by atoms with Crippen molar-refractivity contribution >= 4 is 5.82 Å². The first kappa shape index (κ1) is 17.0. The van der Waals surface area contributed by atoms with Gasteiger partial charge in [0.05, 0.1) is 24.8 Å². The number of hydrogen-bond donors (Lipinski definition) is 0. The molecule has 0 radical (unpaired) electrons. The van der Waals surface area contributed by atoms with Crippen molar-refractivity contribution in [3.8, 4) is 6.07 Å². The van der Waals surface area contributed by atoms with Gasteiger partial charge in [-0.15, -0.1) is 0 Å². The molecule has 0 saturated carbocycles. The van der Waals surface area contributed by atoms with Gasteiger partial charge in [0.15, 0.2) is 0 Å². The molecule has 3 heterocycles. The summed E-state index contributed by atoms with van der Waals surface area (Å²) in [5, 5.41) is 9.26. The first-order chi connectivity index (χ1) is 11.3. The zero-order valence-electron chi connectivity index (χ0n) is 13.3. The lowest BCUT2D eigenvalue weighted by molar-refractivity contribution is -0.160. The summed E-state index contributed by atoms with van der Waals surface area (Å²) in [5.74, 6) is 0.0624. The predicted molar refractivity (Wildman–Crippen MR) is 79.5 cm³/mol. The van der Waals surface area contributed by atoms with Crippen LogP contribution in [0.2, 0.25) is 0 Å². The van der Waals surface area contributed by atoms with Crippen molar-refractivity contribution in [2.45, 2.75) is 37.6 Å². The first-order valence-corrected chi connectivity index (χ1v) is 7.82. The molecule has 3 rings (SSSR count). The Labute approximate surface area is 138 Å². The molecule has 1 aromatic rings. The van der Waals surface area contributed by atoms with Crippen LogP contribution >= 0.6 is 0 Å². The highest BCUT2D eigenvalue weighted by Crippen LogP contribution is 2.35. The number of alkyl halides is 3. The molecule has 5 nitrogen and oxygen atoms in total. The average molecular weight is 341 g/mol. The highest BCUT2D eigenvalue weighted by molar-refractivity contribution is 5.55. The molecule has 130 valence electrons. The molecule has 0 aromatic carbocycles. The quantitative estimate of drug-likeness (QED) is 0.786. The van der Waals surface area contributed by atoms with Gasteiger partial charge in [0.25, 0.3) is 0 Å². The van der Waals surface area contributed by atoms with E-state index in [4.69, 9.17) is 9.47 Å². The van der Waals surface area contributed by atoms with E-state index in [1.165, 1.54) is 6.07 Å². The van der Waals surface area contributed by atoms with Crippen molar-refractivity contribution in [3.63, 3.8) is 0 Å². The summed E-state index contributed by atoms with van der Waals surface area (Å²) < 4.78 is 50.5. The summed E-state index contributed by atoms with van der Waals surface area (Å²) in [7, 11) is 0. The van der Waals surface area contributed by atoms with Gasteiger partial charge in [-0.05, 0) is 31.9 Å². The second-order valence-electron chi connectivity index (χ2n) is 6.33. The van der Waals surface area contributed by atoms with Gasteiger partial charge in [-0.2, -0.15) is 18.4 Å². The fourth-order valence-electron chi connectivity index (χ4n) is 3.36. The smallest absolute Gasteiger partial charge is 0.378 e. The van der Waals surface area contributed by atoms with Gasteiger partial charge < -0.3 is 14.4 Å². The molecular formula is C16H18F3N3O2. The molecule has 1 aromatic heterocycles. The number of morpholine rings is 1. The van der Waals surface area contributed by atoms with E-state index in [9.17, 15) is 18.4 Å². The minimum absolute atomic E-state index is 0.0624. The first-order valence-electron chi connectivity index (χ1n) is 7.82. The van der Waals surface area contributed by atoms with Gasteiger partial charge in [-0.3, -0.25) is 0 Å². The minimum atomic E-state index is -4.55. The molecule has 2 saturated heterocycles. The molecule has 2 fully saturated rings. The molecule has 0 bridgehead atoms. The maximum Gasteiger partial charge on any atom is 0.433 e. The van der Waals surface area contributed by atoms with Crippen LogP contribution in [0.4, 0.5) is 19.0 Å². The Kier molecular flexibility index (Phi) is 4.40. The maximum absolute atomic E-state index is 13.0. The van der Waals surface area contributed by atoms with Crippen LogP contribution in [0.5, 0.6) is 0 Å². The largest absolute Gasteiger partial charge is 0.433 e. The zero-order valence-corrected chi connectivity index (χ0v) is 13.3. The van der Waals surface area contributed by atoms with E-state index in [2.05, 4.69) is 4.98 Å². The Bertz CT molecular complexity index is 651. The lowest BCUT2D eigenvalue weighted by atomic mass is 9.93. The molecule has 24 heavy (non-hydrogen) atoms.